The maximum atomic E-state index is 13.7. The fourth-order valence-electron chi connectivity index (χ4n) is 2.44. The van der Waals surface area contributed by atoms with Crippen LogP contribution in [-0.2, 0) is 11.2 Å². The number of morpholine rings is 1. The Bertz CT molecular complexity index is 413. The summed E-state index contributed by atoms with van der Waals surface area (Å²) in [7, 11) is 0. The molecular weight excluding hydrogens is 269 g/mol. The molecule has 0 spiro atoms. The molecule has 0 bridgehead atoms. The minimum Gasteiger partial charge on any atom is -0.390 e. The van der Waals surface area contributed by atoms with Crippen molar-refractivity contribution >= 4 is 11.6 Å². The van der Waals surface area contributed by atoms with Gasteiger partial charge in [-0.05, 0) is 25.5 Å². The second kappa shape index (κ2) is 6.18. The molecule has 1 fully saturated rings. The Kier molecular flexibility index (Phi) is 4.79. The lowest BCUT2D eigenvalue weighted by molar-refractivity contribution is 0.00606. The van der Waals surface area contributed by atoms with Crippen LogP contribution < -0.4 is 5.32 Å². The van der Waals surface area contributed by atoms with Crippen LogP contribution in [0.15, 0.2) is 18.2 Å². The minimum atomic E-state index is -1.02. The zero-order valence-corrected chi connectivity index (χ0v) is 11.7. The highest BCUT2D eigenvalue weighted by Gasteiger charge is 2.28. The molecule has 19 heavy (non-hydrogen) atoms. The van der Waals surface area contributed by atoms with Gasteiger partial charge >= 0.3 is 0 Å². The van der Waals surface area contributed by atoms with Crippen molar-refractivity contribution in [1.29, 1.82) is 0 Å². The number of hydrogen-bond donors (Lipinski definition) is 2. The molecule has 0 saturated carbocycles. The molecule has 0 aliphatic carbocycles. The summed E-state index contributed by atoms with van der Waals surface area (Å²) in [6.07, 6.45) is 0.689. The highest BCUT2D eigenvalue weighted by Crippen LogP contribution is 2.26. The van der Waals surface area contributed by atoms with Crippen molar-refractivity contribution in [3.63, 3.8) is 0 Å². The van der Waals surface area contributed by atoms with E-state index in [0.717, 1.165) is 6.54 Å². The van der Waals surface area contributed by atoms with Gasteiger partial charge in [0.15, 0.2) is 0 Å². The monoisotopic (exact) mass is 287 g/mol. The Labute approximate surface area is 117 Å². The van der Waals surface area contributed by atoms with Crippen molar-refractivity contribution in [1.82, 2.24) is 5.32 Å². The molecule has 1 aliphatic heterocycles. The molecule has 2 N–H and O–H groups in total. The Morgan fingerprint density at radius 3 is 3.00 bits per heavy atom. The first kappa shape index (κ1) is 14.7. The summed E-state index contributed by atoms with van der Waals surface area (Å²) < 4.78 is 19.1. The highest BCUT2D eigenvalue weighted by atomic mass is 35.5. The zero-order valence-electron chi connectivity index (χ0n) is 11.0. The number of nitrogens with one attached hydrogen (secondary N) is 1. The van der Waals surface area contributed by atoms with Crippen molar-refractivity contribution < 1.29 is 14.2 Å². The van der Waals surface area contributed by atoms with Crippen LogP contribution in [0, 0.1) is 5.82 Å². The van der Waals surface area contributed by atoms with E-state index in [-0.39, 0.29) is 18.3 Å². The topological polar surface area (TPSA) is 41.5 Å². The second-order valence-electron chi connectivity index (χ2n) is 5.30. The molecule has 1 saturated heterocycles. The maximum absolute atomic E-state index is 13.7. The number of halogens is 2. The van der Waals surface area contributed by atoms with Crippen LogP contribution in [0.4, 0.5) is 4.39 Å². The van der Waals surface area contributed by atoms with Crippen molar-refractivity contribution in [3.05, 3.63) is 34.6 Å². The van der Waals surface area contributed by atoms with Gasteiger partial charge in [-0.3, -0.25) is 0 Å². The summed E-state index contributed by atoms with van der Waals surface area (Å²) in [6, 6.07) is 4.65. The highest BCUT2D eigenvalue weighted by molar-refractivity contribution is 6.31. The van der Waals surface area contributed by atoms with Gasteiger partial charge in [0.2, 0.25) is 0 Å². The van der Waals surface area contributed by atoms with Crippen LogP contribution in [0.25, 0.3) is 0 Å². The normalized spacial score (nSPS) is 23.1. The summed E-state index contributed by atoms with van der Waals surface area (Å²) in [4.78, 5) is 0. The second-order valence-corrected chi connectivity index (χ2v) is 5.71. The standard InChI is InChI=1S/C14H19ClFNO2/c1-14(18,7-10-9-19-6-5-17-10)8-11-12(15)3-2-4-13(11)16/h2-4,10,17-18H,5-9H2,1H3. The van der Waals surface area contributed by atoms with Crippen molar-refractivity contribution in [3.8, 4) is 0 Å². The lowest BCUT2D eigenvalue weighted by atomic mass is 9.89. The molecule has 0 amide bonds. The Morgan fingerprint density at radius 1 is 1.58 bits per heavy atom. The first-order chi connectivity index (χ1) is 8.98. The molecule has 1 aromatic rings. The first-order valence-electron chi connectivity index (χ1n) is 6.44. The van der Waals surface area contributed by atoms with Gasteiger partial charge in [0, 0.05) is 29.6 Å². The molecule has 5 heteroatoms. The number of hydrogen-bond acceptors (Lipinski definition) is 3. The molecule has 2 unspecified atom stereocenters. The fraction of sp³-hybridized carbons (Fsp3) is 0.571. The van der Waals surface area contributed by atoms with E-state index in [4.69, 9.17) is 16.3 Å². The third kappa shape index (κ3) is 4.14. The molecule has 1 aromatic carbocycles. The van der Waals surface area contributed by atoms with Gasteiger partial charge < -0.3 is 15.2 Å². The minimum absolute atomic E-state index is 0.0919. The predicted octanol–water partition coefficient (Wildman–Crippen LogP) is 2.15. The Morgan fingerprint density at radius 2 is 2.37 bits per heavy atom. The number of ether oxygens (including phenoxy) is 1. The van der Waals surface area contributed by atoms with Crippen LogP contribution in [0.1, 0.15) is 18.9 Å². The summed E-state index contributed by atoms with van der Waals surface area (Å²) in [5.74, 6) is -0.374. The smallest absolute Gasteiger partial charge is 0.127 e. The summed E-state index contributed by atoms with van der Waals surface area (Å²) in [5.41, 5.74) is -0.657. The Balaban J connectivity index is 2.03. The van der Waals surface area contributed by atoms with E-state index in [2.05, 4.69) is 5.32 Å². The van der Waals surface area contributed by atoms with Crippen LogP contribution >= 0.6 is 11.6 Å². The van der Waals surface area contributed by atoms with Gasteiger partial charge in [0.05, 0.1) is 18.8 Å². The average molecular weight is 288 g/mol. The molecule has 2 atom stereocenters. The third-order valence-corrected chi connectivity index (χ3v) is 3.66. The van der Waals surface area contributed by atoms with E-state index < -0.39 is 5.60 Å². The van der Waals surface area contributed by atoms with Gasteiger partial charge in [0.1, 0.15) is 5.82 Å². The molecule has 106 valence electrons. The molecule has 2 rings (SSSR count). The number of aliphatic hydroxyl groups is 1. The van der Waals surface area contributed by atoms with Gasteiger partial charge in [-0.1, -0.05) is 17.7 Å². The van der Waals surface area contributed by atoms with Crippen LogP contribution in [0.3, 0.4) is 0 Å². The van der Waals surface area contributed by atoms with Gasteiger partial charge in [-0.25, -0.2) is 4.39 Å². The van der Waals surface area contributed by atoms with Crippen molar-refractivity contribution in [2.75, 3.05) is 19.8 Å². The Hall–Kier alpha value is -0.680. The quantitative estimate of drug-likeness (QED) is 0.892. The largest absolute Gasteiger partial charge is 0.390 e. The maximum Gasteiger partial charge on any atom is 0.127 e. The molecule has 1 heterocycles. The molecule has 3 nitrogen and oxygen atoms in total. The lowest BCUT2D eigenvalue weighted by Gasteiger charge is -2.31. The van der Waals surface area contributed by atoms with Crippen LogP contribution in [0.5, 0.6) is 0 Å². The van der Waals surface area contributed by atoms with E-state index >= 15 is 0 Å². The van der Waals surface area contributed by atoms with E-state index in [1.54, 1.807) is 19.1 Å². The molecular formula is C14H19ClFNO2. The zero-order chi connectivity index (χ0) is 13.9. The fourth-order valence-corrected chi connectivity index (χ4v) is 2.67. The van der Waals surface area contributed by atoms with E-state index in [1.807, 2.05) is 0 Å². The van der Waals surface area contributed by atoms with E-state index in [1.165, 1.54) is 6.07 Å². The van der Waals surface area contributed by atoms with Gasteiger partial charge in [-0.2, -0.15) is 0 Å². The molecule has 0 radical (unpaired) electrons. The predicted molar refractivity (Wildman–Crippen MR) is 73.0 cm³/mol. The first-order valence-corrected chi connectivity index (χ1v) is 6.82. The SMILES string of the molecule is CC(O)(Cc1c(F)cccc1Cl)CC1COCCN1. The summed E-state index contributed by atoms with van der Waals surface area (Å²) in [5, 5.41) is 14.1. The van der Waals surface area contributed by atoms with Crippen LogP contribution in [-0.4, -0.2) is 36.5 Å². The third-order valence-electron chi connectivity index (χ3n) is 3.30. The van der Waals surface area contributed by atoms with Gasteiger partial charge in [0.25, 0.3) is 0 Å². The number of benzene rings is 1. The summed E-state index contributed by atoms with van der Waals surface area (Å²) >= 11 is 5.99. The van der Waals surface area contributed by atoms with Crippen LogP contribution in [0.2, 0.25) is 5.02 Å². The average Bonchev–Trinajstić information content (AvgIpc) is 2.35. The van der Waals surface area contributed by atoms with Crippen molar-refractivity contribution in [2.45, 2.75) is 31.4 Å². The van der Waals surface area contributed by atoms with E-state index in [0.29, 0.717) is 30.2 Å². The summed E-state index contributed by atoms with van der Waals surface area (Å²) in [6.45, 7) is 3.74. The molecule has 0 aromatic heterocycles. The lowest BCUT2D eigenvalue weighted by Crippen LogP contribution is -2.46. The molecule has 1 aliphatic rings. The number of rotatable bonds is 4. The van der Waals surface area contributed by atoms with Crippen molar-refractivity contribution in [2.24, 2.45) is 0 Å². The van der Waals surface area contributed by atoms with Gasteiger partial charge in [-0.15, -0.1) is 0 Å². The van der Waals surface area contributed by atoms with E-state index in [9.17, 15) is 9.50 Å².